The SMILES string of the molecule is CCCCCCCCCCC/C=C/CCCCCCCCC[C@@H]1CC(=O)OC1=O. The zero-order valence-electron chi connectivity index (χ0n) is 19.1. The van der Waals surface area contributed by atoms with Crippen molar-refractivity contribution in [2.75, 3.05) is 0 Å². The fourth-order valence-corrected chi connectivity index (χ4v) is 4.09. The van der Waals surface area contributed by atoms with Crippen LogP contribution in [0.4, 0.5) is 0 Å². The Morgan fingerprint density at radius 1 is 0.690 bits per heavy atom. The zero-order chi connectivity index (χ0) is 21.0. The minimum atomic E-state index is -0.345. The smallest absolute Gasteiger partial charge is 0.317 e. The van der Waals surface area contributed by atoms with E-state index in [2.05, 4.69) is 23.8 Å². The Balaban J connectivity index is 1.73. The second kappa shape index (κ2) is 18.9. The molecule has 0 aromatic rings. The van der Waals surface area contributed by atoms with E-state index in [1.54, 1.807) is 0 Å². The van der Waals surface area contributed by atoms with E-state index >= 15 is 0 Å². The number of ether oxygens (including phenoxy) is 1. The molecule has 0 spiro atoms. The highest BCUT2D eigenvalue weighted by Gasteiger charge is 2.32. The van der Waals surface area contributed by atoms with Gasteiger partial charge in [-0.2, -0.15) is 0 Å². The van der Waals surface area contributed by atoms with Gasteiger partial charge in [0, 0.05) is 0 Å². The number of esters is 2. The van der Waals surface area contributed by atoms with E-state index in [9.17, 15) is 9.59 Å². The van der Waals surface area contributed by atoms with Gasteiger partial charge in [-0.3, -0.25) is 9.59 Å². The first-order valence-corrected chi connectivity index (χ1v) is 12.6. The third-order valence-electron chi connectivity index (χ3n) is 6.03. The predicted octanol–water partition coefficient (Wildman–Crippen LogP) is 8.06. The second-order valence-corrected chi connectivity index (χ2v) is 8.83. The molecular formula is C26H46O3. The monoisotopic (exact) mass is 406 g/mol. The summed E-state index contributed by atoms with van der Waals surface area (Å²) >= 11 is 0. The highest BCUT2D eigenvalue weighted by Crippen LogP contribution is 2.22. The van der Waals surface area contributed by atoms with Crippen molar-refractivity contribution in [1.29, 1.82) is 0 Å². The van der Waals surface area contributed by atoms with Crippen molar-refractivity contribution in [3.63, 3.8) is 0 Å². The largest absolute Gasteiger partial charge is 0.393 e. The quantitative estimate of drug-likeness (QED) is 0.0888. The normalized spacial score (nSPS) is 16.8. The standard InChI is InChI=1S/C26H46O3/c1-2-3-4-5-6-7-8-9-10-11-12-13-14-15-16-17-18-19-20-21-22-24-23-25(27)29-26(24)28/h12-13,24H,2-11,14-23H2,1H3/b13-12+/t24-/m1/s1. The minimum absolute atomic E-state index is 0.162. The van der Waals surface area contributed by atoms with E-state index in [4.69, 9.17) is 0 Å². The van der Waals surface area contributed by atoms with Crippen molar-refractivity contribution in [3.05, 3.63) is 12.2 Å². The van der Waals surface area contributed by atoms with Crippen LogP contribution >= 0.6 is 0 Å². The Kier molecular flexibility index (Phi) is 16.9. The molecule has 3 nitrogen and oxygen atoms in total. The van der Waals surface area contributed by atoms with E-state index in [0.717, 1.165) is 19.3 Å². The molecule has 0 bridgehead atoms. The Hall–Kier alpha value is -1.12. The summed E-state index contributed by atoms with van der Waals surface area (Å²) in [4.78, 5) is 22.4. The van der Waals surface area contributed by atoms with Gasteiger partial charge in [0.2, 0.25) is 0 Å². The van der Waals surface area contributed by atoms with Gasteiger partial charge in [-0.15, -0.1) is 0 Å². The van der Waals surface area contributed by atoms with E-state index in [-0.39, 0.29) is 17.9 Å². The molecule has 0 radical (unpaired) electrons. The molecule has 1 atom stereocenters. The molecule has 1 heterocycles. The van der Waals surface area contributed by atoms with Crippen molar-refractivity contribution in [2.45, 2.75) is 135 Å². The van der Waals surface area contributed by atoms with E-state index in [1.807, 2.05) is 0 Å². The van der Waals surface area contributed by atoms with Crippen LogP contribution in [0.5, 0.6) is 0 Å². The van der Waals surface area contributed by atoms with Gasteiger partial charge >= 0.3 is 11.9 Å². The maximum Gasteiger partial charge on any atom is 0.317 e. The van der Waals surface area contributed by atoms with Gasteiger partial charge in [-0.25, -0.2) is 0 Å². The van der Waals surface area contributed by atoms with Crippen molar-refractivity contribution in [2.24, 2.45) is 5.92 Å². The van der Waals surface area contributed by atoms with E-state index in [0.29, 0.717) is 6.42 Å². The second-order valence-electron chi connectivity index (χ2n) is 8.83. The molecule has 0 N–H and O–H groups in total. The predicted molar refractivity (Wildman–Crippen MR) is 122 cm³/mol. The molecule has 0 unspecified atom stereocenters. The first-order valence-electron chi connectivity index (χ1n) is 12.6. The van der Waals surface area contributed by atoms with Crippen LogP contribution in [0, 0.1) is 5.92 Å². The van der Waals surface area contributed by atoms with Gasteiger partial charge in [-0.05, 0) is 32.1 Å². The Labute approximate surface area is 180 Å². The fourth-order valence-electron chi connectivity index (χ4n) is 4.09. The number of allylic oxidation sites excluding steroid dienone is 2. The van der Waals surface area contributed by atoms with Gasteiger partial charge in [0.15, 0.2) is 0 Å². The number of cyclic esters (lactones) is 2. The maximum atomic E-state index is 11.4. The average molecular weight is 407 g/mol. The summed E-state index contributed by atoms with van der Waals surface area (Å²) < 4.78 is 4.58. The third kappa shape index (κ3) is 15.4. The molecule has 0 amide bonds. The van der Waals surface area contributed by atoms with Crippen molar-refractivity contribution in [3.8, 4) is 0 Å². The Bertz CT molecular complexity index is 441. The summed E-state index contributed by atoms with van der Waals surface area (Å²) in [5.74, 6) is -0.812. The van der Waals surface area contributed by atoms with Gasteiger partial charge in [0.05, 0.1) is 12.3 Å². The summed E-state index contributed by atoms with van der Waals surface area (Å²) in [5.41, 5.74) is 0. The molecule has 1 aliphatic heterocycles. The van der Waals surface area contributed by atoms with Gasteiger partial charge in [-0.1, -0.05) is 109 Å². The first kappa shape index (κ1) is 25.9. The lowest BCUT2D eigenvalue weighted by atomic mass is 9.99. The first-order chi connectivity index (χ1) is 14.2. The number of hydrogen-bond acceptors (Lipinski definition) is 3. The highest BCUT2D eigenvalue weighted by molar-refractivity contribution is 5.94. The topological polar surface area (TPSA) is 43.4 Å². The Morgan fingerprint density at radius 3 is 1.59 bits per heavy atom. The van der Waals surface area contributed by atoms with Crippen LogP contribution < -0.4 is 0 Å². The number of unbranched alkanes of at least 4 members (excludes halogenated alkanes) is 16. The van der Waals surface area contributed by atoms with Crippen LogP contribution in [-0.4, -0.2) is 11.9 Å². The molecule has 0 aromatic carbocycles. The summed E-state index contributed by atoms with van der Waals surface area (Å²) in [6.07, 6.45) is 29.7. The summed E-state index contributed by atoms with van der Waals surface area (Å²) in [6.45, 7) is 2.28. The van der Waals surface area contributed by atoms with Crippen LogP contribution in [0.25, 0.3) is 0 Å². The molecule has 168 valence electrons. The number of hydrogen-bond donors (Lipinski definition) is 0. The van der Waals surface area contributed by atoms with E-state index in [1.165, 1.54) is 103 Å². The van der Waals surface area contributed by atoms with Gasteiger partial charge in [0.25, 0.3) is 0 Å². The summed E-state index contributed by atoms with van der Waals surface area (Å²) in [7, 11) is 0. The van der Waals surface area contributed by atoms with Crippen LogP contribution in [0.2, 0.25) is 0 Å². The molecule has 1 rings (SSSR count). The molecule has 1 saturated heterocycles. The van der Waals surface area contributed by atoms with Crippen LogP contribution in [0.3, 0.4) is 0 Å². The molecule has 0 aliphatic carbocycles. The van der Waals surface area contributed by atoms with Crippen LogP contribution in [-0.2, 0) is 14.3 Å². The van der Waals surface area contributed by atoms with Gasteiger partial charge in [0.1, 0.15) is 0 Å². The molecule has 1 fully saturated rings. The van der Waals surface area contributed by atoms with Crippen molar-refractivity contribution in [1.82, 2.24) is 0 Å². The lowest BCUT2D eigenvalue weighted by Gasteiger charge is -2.04. The van der Waals surface area contributed by atoms with Gasteiger partial charge < -0.3 is 4.74 Å². The zero-order valence-corrected chi connectivity index (χ0v) is 19.1. The molecule has 0 saturated carbocycles. The molecule has 1 aliphatic rings. The minimum Gasteiger partial charge on any atom is -0.393 e. The Morgan fingerprint density at radius 2 is 1.14 bits per heavy atom. The summed E-state index contributed by atoms with van der Waals surface area (Å²) in [6, 6.07) is 0. The lowest BCUT2D eigenvalue weighted by molar-refractivity contribution is -0.153. The fraction of sp³-hybridized carbons (Fsp3) is 0.846. The molecular weight excluding hydrogens is 360 g/mol. The van der Waals surface area contributed by atoms with Crippen molar-refractivity contribution < 1.29 is 14.3 Å². The number of rotatable bonds is 20. The maximum absolute atomic E-state index is 11.4. The van der Waals surface area contributed by atoms with E-state index < -0.39 is 0 Å². The average Bonchev–Trinajstić information content (AvgIpc) is 3.03. The molecule has 0 aromatic heterocycles. The highest BCUT2D eigenvalue weighted by atomic mass is 16.6. The molecule has 3 heteroatoms. The van der Waals surface area contributed by atoms with Crippen molar-refractivity contribution >= 4 is 11.9 Å². The molecule has 29 heavy (non-hydrogen) atoms. The van der Waals surface area contributed by atoms with Crippen LogP contribution in [0.1, 0.15) is 135 Å². The summed E-state index contributed by atoms with van der Waals surface area (Å²) in [5, 5.41) is 0. The third-order valence-corrected chi connectivity index (χ3v) is 6.03. The lowest BCUT2D eigenvalue weighted by Crippen LogP contribution is -2.06. The number of carbonyl (C=O) groups is 2. The number of carbonyl (C=O) groups excluding carboxylic acids is 2. The van der Waals surface area contributed by atoms with Crippen LogP contribution in [0.15, 0.2) is 12.2 Å².